The average Bonchev–Trinajstić information content (AvgIpc) is 2.59. The molecule has 0 spiro atoms. The van der Waals surface area contributed by atoms with Crippen molar-refractivity contribution >= 4 is 0 Å². The highest BCUT2D eigenvalue weighted by Crippen LogP contribution is 1.93. The van der Waals surface area contributed by atoms with Gasteiger partial charge in [-0.15, -0.1) is 0 Å². The van der Waals surface area contributed by atoms with E-state index in [9.17, 15) is 0 Å². The number of hydrogen-bond donors (Lipinski definition) is 1. The molecule has 2 rings (SSSR count). The summed E-state index contributed by atoms with van der Waals surface area (Å²) in [4.78, 5) is 6.01. The highest BCUT2D eigenvalue weighted by atomic mass is 15.1. The van der Waals surface area contributed by atoms with Gasteiger partial charge < -0.3 is 4.90 Å². The Morgan fingerprint density at radius 1 is 1.25 bits per heavy atom. The maximum Gasteiger partial charge on any atom is 0.120 e. The van der Waals surface area contributed by atoms with E-state index in [0.29, 0.717) is 0 Å². The van der Waals surface area contributed by atoms with Gasteiger partial charge in [-0.2, -0.15) is 0 Å². The summed E-state index contributed by atoms with van der Waals surface area (Å²) in [7, 11) is 0. The molecule has 0 aliphatic carbocycles. The molecule has 1 aromatic rings. The molecule has 2 nitrogen and oxygen atoms in total. The second-order valence-corrected chi connectivity index (χ2v) is 3.45. The number of quaternary nitrogens is 1. The quantitative estimate of drug-likeness (QED) is 0.662. The number of nitrogens with one attached hydrogen (secondary N) is 1. The largest absolute Gasteiger partial charge is 0.330 e. The van der Waals surface area contributed by atoms with E-state index in [4.69, 9.17) is 0 Å². The van der Waals surface area contributed by atoms with E-state index in [0.717, 1.165) is 6.54 Å². The Labute approximate surface area is 73.2 Å². The fraction of sp³-hybridized carbons (Fsp3) is 0.500. The van der Waals surface area contributed by atoms with Gasteiger partial charge in [0.1, 0.15) is 6.54 Å². The summed E-state index contributed by atoms with van der Waals surface area (Å²) in [6, 6.07) is 6.16. The van der Waals surface area contributed by atoms with Crippen LogP contribution in [0.1, 0.15) is 18.5 Å². The fourth-order valence-electron chi connectivity index (χ4n) is 1.81. The minimum atomic E-state index is 1.11. The van der Waals surface area contributed by atoms with Crippen LogP contribution in [-0.2, 0) is 6.54 Å². The lowest BCUT2D eigenvalue weighted by Crippen LogP contribution is -3.08. The van der Waals surface area contributed by atoms with Crippen LogP contribution in [0.3, 0.4) is 0 Å². The van der Waals surface area contributed by atoms with E-state index in [1.165, 1.54) is 31.6 Å². The predicted molar refractivity (Wildman–Crippen MR) is 47.9 cm³/mol. The summed E-state index contributed by atoms with van der Waals surface area (Å²) in [5.41, 5.74) is 1.23. The Kier molecular flexibility index (Phi) is 2.37. The van der Waals surface area contributed by atoms with Crippen LogP contribution in [0.25, 0.3) is 0 Å². The molecule has 2 heterocycles. The molecule has 0 radical (unpaired) electrons. The van der Waals surface area contributed by atoms with Crippen LogP contribution in [0.5, 0.6) is 0 Å². The Bertz CT molecular complexity index is 227. The Morgan fingerprint density at radius 3 is 2.75 bits per heavy atom. The van der Waals surface area contributed by atoms with Crippen molar-refractivity contribution in [1.82, 2.24) is 4.98 Å². The van der Waals surface area contributed by atoms with Crippen LogP contribution >= 0.6 is 0 Å². The molecule has 64 valence electrons. The number of rotatable bonds is 2. The molecular weight excluding hydrogens is 148 g/mol. The number of nitrogens with zero attached hydrogens (tertiary/aromatic N) is 1. The van der Waals surface area contributed by atoms with Crippen LogP contribution in [0.4, 0.5) is 0 Å². The van der Waals surface area contributed by atoms with Gasteiger partial charge in [0.2, 0.25) is 0 Å². The molecule has 0 unspecified atom stereocenters. The minimum absolute atomic E-state index is 1.11. The van der Waals surface area contributed by atoms with Crippen molar-refractivity contribution in [1.29, 1.82) is 0 Å². The fourth-order valence-corrected chi connectivity index (χ4v) is 1.81. The van der Waals surface area contributed by atoms with Gasteiger partial charge in [-0.3, -0.25) is 4.98 Å². The first-order valence-corrected chi connectivity index (χ1v) is 4.68. The molecule has 1 aliphatic heterocycles. The third kappa shape index (κ3) is 1.83. The molecule has 0 atom stereocenters. The Balaban J connectivity index is 1.94. The smallest absolute Gasteiger partial charge is 0.120 e. The normalized spacial score (nSPS) is 18.3. The third-order valence-electron chi connectivity index (χ3n) is 2.47. The van der Waals surface area contributed by atoms with Crippen molar-refractivity contribution in [2.75, 3.05) is 13.1 Å². The lowest BCUT2D eigenvalue weighted by Gasteiger charge is -2.10. The van der Waals surface area contributed by atoms with Gasteiger partial charge >= 0.3 is 0 Å². The highest BCUT2D eigenvalue weighted by molar-refractivity contribution is 5.01. The molecule has 1 aromatic heterocycles. The van der Waals surface area contributed by atoms with Crippen molar-refractivity contribution in [3.05, 3.63) is 30.1 Å². The van der Waals surface area contributed by atoms with Gasteiger partial charge in [-0.05, 0) is 12.1 Å². The monoisotopic (exact) mass is 163 g/mol. The minimum Gasteiger partial charge on any atom is -0.330 e. The second kappa shape index (κ2) is 3.68. The third-order valence-corrected chi connectivity index (χ3v) is 2.47. The van der Waals surface area contributed by atoms with Crippen molar-refractivity contribution in [2.45, 2.75) is 19.4 Å². The summed E-state index contributed by atoms with van der Waals surface area (Å²) >= 11 is 0. The molecule has 0 bridgehead atoms. The van der Waals surface area contributed by atoms with E-state index in [2.05, 4.69) is 17.1 Å². The molecule has 1 N–H and O–H groups in total. The lowest BCUT2D eigenvalue weighted by atomic mass is 10.3. The van der Waals surface area contributed by atoms with Crippen LogP contribution in [-0.4, -0.2) is 18.1 Å². The number of aromatic nitrogens is 1. The molecule has 0 saturated carbocycles. The predicted octanol–water partition coefficient (Wildman–Crippen LogP) is 0.260. The van der Waals surface area contributed by atoms with Gasteiger partial charge in [-0.1, -0.05) is 6.07 Å². The van der Waals surface area contributed by atoms with Crippen molar-refractivity contribution in [2.24, 2.45) is 0 Å². The van der Waals surface area contributed by atoms with Crippen LogP contribution < -0.4 is 4.90 Å². The van der Waals surface area contributed by atoms with Crippen LogP contribution in [0, 0.1) is 0 Å². The van der Waals surface area contributed by atoms with Crippen LogP contribution in [0.15, 0.2) is 24.4 Å². The molecule has 1 aliphatic rings. The van der Waals surface area contributed by atoms with E-state index < -0.39 is 0 Å². The Hall–Kier alpha value is -0.890. The first-order valence-electron chi connectivity index (χ1n) is 4.68. The van der Waals surface area contributed by atoms with Gasteiger partial charge in [-0.25, -0.2) is 0 Å². The summed E-state index contributed by atoms with van der Waals surface area (Å²) < 4.78 is 0. The lowest BCUT2D eigenvalue weighted by molar-refractivity contribution is -0.901. The van der Waals surface area contributed by atoms with Crippen molar-refractivity contribution < 1.29 is 4.90 Å². The molecule has 1 fully saturated rings. The first-order chi connectivity index (χ1) is 5.95. The summed E-state index contributed by atoms with van der Waals surface area (Å²) in [5, 5.41) is 0. The molecule has 1 saturated heterocycles. The summed E-state index contributed by atoms with van der Waals surface area (Å²) in [5.74, 6) is 0. The molecular formula is C10H15N2+. The van der Waals surface area contributed by atoms with Crippen molar-refractivity contribution in [3.8, 4) is 0 Å². The van der Waals surface area contributed by atoms with E-state index in [-0.39, 0.29) is 0 Å². The van der Waals surface area contributed by atoms with Gasteiger partial charge in [0.05, 0.1) is 18.8 Å². The number of likely N-dealkylation sites (tertiary alicyclic amines) is 1. The number of pyridine rings is 1. The summed E-state index contributed by atoms with van der Waals surface area (Å²) in [6.45, 7) is 3.77. The second-order valence-electron chi connectivity index (χ2n) is 3.45. The Morgan fingerprint density at radius 2 is 2.08 bits per heavy atom. The van der Waals surface area contributed by atoms with E-state index >= 15 is 0 Å². The topological polar surface area (TPSA) is 17.3 Å². The first kappa shape index (κ1) is 7.74. The average molecular weight is 163 g/mol. The summed E-state index contributed by atoms with van der Waals surface area (Å²) in [6.07, 6.45) is 4.66. The van der Waals surface area contributed by atoms with E-state index in [1.54, 1.807) is 4.90 Å². The maximum absolute atomic E-state index is 4.32. The maximum atomic E-state index is 4.32. The molecule has 12 heavy (non-hydrogen) atoms. The van der Waals surface area contributed by atoms with Crippen LogP contribution in [0.2, 0.25) is 0 Å². The number of hydrogen-bond acceptors (Lipinski definition) is 1. The molecule has 0 amide bonds. The molecule has 0 aromatic carbocycles. The zero-order valence-corrected chi connectivity index (χ0v) is 7.29. The zero-order valence-electron chi connectivity index (χ0n) is 7.29. The standard InChI is InChI=1S/C10H14N2/c1-2-6-11-10(5-1)9-12-7-3-4-8-12/h1-2,5-6H,3-4,7-9H2/p+1. The van der Waals surface area contributed by atoms with Gasteiger partial charge in [0, 0.05) is 19.0 Å². The van der Waals surface area contributed by atoms with Crippen molar-refractivity contribution in [3.63, 3.8) is 0 Å². The highest BCUT2D eigenvalue weighted by Gasteiger charge is 2.15. The zero-order chi connectivity index (χ0) is 8.23. The molecule has 2 heteroatoms. The SMILES string of the molecule is c1ccc(C[NH+]2CCCC2)nc1. The van der Waals surface area contributed by atoms with E-state index in [1.807, 2.05) is 12.3 Å². The van der Waals surface area contributed by atoms with Gasteiger partial charge in [0.25, 0.3) is 0 Å². The van der Waals surface area contributed by atoms with Gasteiger partial charge in [0.15, 0.2) is 0 Å².